The van der Waals surface area contributed by atoms with Gasteiger partial charge in [0, 0.05) is 24.0 Å². The molecule has 0 saturated heterocycles. The third kappa shape index (κ3) is 3.02. The Labute approximate surface area is 110 Å². The molecule has 0 amide bonds. The number of nitrogens with one attached hydrogen (secondary N) is 1. The second kappa shape index (κ2) is 4.99. The highest BCUT2D eigenvalue weighted by atomic mass is 32.2. The normalized spacial score (nSPS) is 10.7. The van der Waals surface area contributed by atoms with Crippen molar-refractivity contribution in [3.63, 3.8) is 0 Å². The highest BCUT2D eigenvalue weighted by molar-refractivity contribution is 7.92. The molecule has 0 spiro atoms. The summed E-state index contributed by atoms with van der Waals surface area (Å²) >= 11 is 0. The predicted octanol–water partition coefficient (Wildman–Crippen LogP) is 2.07. The van der Waals surface area contributed by atoms with Gasteiger partial charge in [-0.2, -0.15) is 0 Å². The molecule has 0 radical (unpaired) electrons. The number of hydrogen-bond acceptors (Lipinski definition) is 5. The maximum atomic E-state index is 12.0. The first kappa shape index (κ1) is 12.9. The van der Waals surface area contributed by atoms with Gasteiger partial charge < -0.3 is 0 Å². The third-order valence-corrected chi connectivity index (χ3v) is 3.63. The summed E-state index contributed by atoms with van der Waals surface area (Å²) in [4.78, 5) is 10.8. The zero-order valence-corrected chi connectivity index (χ0v) is 10.8. The van der Waals surface area contributed by atoms with Gasteiger partial charge in [-0.1, -0.05) is 0 Å². The summed E-state index contributed by atoms with van der Waals surface area (Å²) in [7, 11) is -3.75. The molecule has 1 heterocycles. The molecule has 7 nitrogen and oxygen atoms in total. The van der Waals surface area contributed by atoms with E-state index in [0.717, 1.165) is 0 Å². The van der Waals surface area contributed by atoms with Crippen LogP contribution in [-0.2, 0) is 10.0 Å². The minimum absolute atomic E-state index is 0.0101. The highest BCUT2D eigenvalue weighted by Gasteiger charge is 2.17. The molecule has 0 aliphatic heterocycles. The number of benzene rings is 1. The fraction of sp³-hybridized carbons (Fsp3) is 0.0909. The van der Waals surface area contributed by atoms with Crippen LogP contribution in [0.4, 0.5) is 11.6 Å². The van der Waals surface area contributed by atoms with E-state index in [0.29, 0.717) is 5.69 Å². The second-order valence-corrected chi connectivity index (χ2v) is 5.40. The number of diazo groups is 1. The number of aryl methyl sites for hydroxylation is 1. The van der Waals surface area contributed by atoms with Gasteiger partial charge in [0.1, 0.15) is 0 Å². The molecular weight excluding hydrogens is 266 g/mol. The molecule has 0 aliphatic carbocycles. The smallest absolute Gasteiger partial charge is 0.247 e. The summed E-state index contributed by atoms with van der Waals surface area (Å²) in [6.45, 7) is 1.73. The molecule has 96 valence electrons. The summed E-state index contributed by atoms with van der Waals surface area (Å²) in [5, 5.41) is 8.54. The fourth-order valence-electron chi connectivity index (χ4n) is 1.37. The molecule has 0 saturated carbocycles. The van der Waals surface area contributed by atoms with Crippen molar-refractivity contribution in [2.45, 2.75) is 11.8 Å². The Balaban J connectivity index is 2.30. The average molecular weight is 276 g/mol. The molecule has 0 aliphatic rings. The minimum atomic E-state index is -3.75. The number of anilines is 1. The van der Waals surface area contributed by atoms with Gasteiger partial charge in [0.2, 0.25) is 11.3 Å². The zero-order chi connectivity index (χ0) is 13.9. The van der Waals surface area contributed by atoms with Gasteiger partial charge in [0.25, 0.3) is 10.0 Å². The SMILES string of the molecule is Cc1ccnc(NS(=O)(=O)c2ccc([N+]#N)cc2)n1. The molecule has 0 unspecified atom stereocenters. The van der Waals surface area contributed by atoms with Crippen molar-refractivity contribution >= 4 is 21.7 Å². The monoisotopic (exact) mass is 276 g/mol. The van der Waals surface area contributed by atoms with Crippen LogP contribution < -0.4 is 4.72 Å². The summed E-state index contributed by atoms with van der Waals surface area (Å²) in [5.74, 6) is 0.0101. The van der Waals surface area contributed by atoms with Gasteiger partial charge in [0.05, 0.1) is 4.90 Å². The van der Waals surface area contributed by atoms with E-state index in [2.05, 4.69) is 19.7 Å². The number of sulfonamides is 1. The number of aromatic nitrogens is 2. The van der Waals surface area contributed by atoms with Crippen LogP contribution >= 0.6 is 0 Å². The third-order valence-electron chi connectivity index (χ3n) is 2.28. The maximum absolute atomic E-state index is 12.0. The van der Waals surface area contributed by atoms with E-state index in [1.807, 2.05) is 0 Å². The molecule has 2 aromatic rings. The lowest BCUT2D eigenvalue weighted by molar-refractivity contribution is 0.601. The molecule has 19 heavy (non-hydrogen) atoms. The van der Waals surface area contributed by atoms with Crippen LogP contribution in [0.1, 0.15) is 5.69 Å². The molecule has 1 aromatic carbocycles. The first-order chi connectivity index (χ1) is 9.01. The molecule has 0 fully saturated rings. The van der Waals surface area contributed by atoms with Gasteiger partial charge >= 0.3 is 5.69 Å². The molecule has 1 N–H and O–H groups in total. The Bertz CT molecular complexity index is 734. The van der Waals surface area contributed by atoms with Crippen molar-refractivity contribution < 1.29 is 8.42 Å². The van der Waals surface area contributed by atoms with Crippen LogP contribution in [-0.4, -0.2) is 18.4 Å². The van der Waals surface area contributed by atoms with E-state index < -0.39 is 10.0 Å². The molecular formula is C11H10N5O2S+. The highest BCUT2D eigenvalue weighted by Crippen LogP contribution is 2.17. The standard InChI is InChI=1S/C11H10N5O2S/c1-8-6-7-13-11(14-8)16-19(17,18)10-4-2-9(15-12)3-5-10/h2-7H,1H3,(H,13,14,16)/q+1. The molecule has 2 rings (SSSR count). The van der Waals surface area contributed by atoms with Crippen LogP contribution in [0.5, 0.6) is 0 Å². The summed E-state index contributed by atoms with van der Waals surface area (Å²) in [6, 6.07) is 7.08. The summed E-state index contributed by atoms with van der Waals surface area (Å²) in [6.07, 6.45) is 1.47. The Morgan fingerprint density at radius 2 is 1.89 bits per heavy atom. The van der Waals surface area contributed by atoms with Crippen LogP contribution in [0.2, 0.25) is 0 Å². The largest absolute Gasteiger partial charge is 0.385 e. The predicted molar refractivity (Wildman–Crippen MR) is 68.8 cm³/mol. The van der Waals surface area contributed by atoms with Crippen LogP contribution in [0.3, 0.4) is 0 Å². The molecule has 0 atom stereocenters. The van der Waals surface area contributed by atoms with Crippen LogP contribution in [0, 0.1) is 12.3 Å². The van der Waals surface area contributed by atoms with Gasteiger partial charge in [-0.15, -0.1) is 0 Å². The van der Waals surface area contributed by atoms with Gasteiger partial charge in [-0.05, 0) is 25.1 Å². The van der Waals surface area contributed by atoms with Gasteiger partial charge in [0.15, 0.2) is 4.98 Å². The van der Waals surface area contributed by atoms with Crippen LogP contribution in [0.25, 0.3) is 4.98 Å². The maximum Gasteiger partial charge on any atom is 0.385 e. The first-order valence-corrected chi connectivity index (χ1v) is 6.77. The Morgan fingerprint density at radius 3 is 2.47 bits per heavy atom. The van der Waals surface area contributed by atoms with Crippen molar-refractivity contribution in [3.8, 4) is 0 Å². The lowest BCUT2D eigenvalue weighted by atomic mass is 10.3. The van der Waals surface area contributed by atoms with E-state index in [4.69, 9.17) is 5.39 Å². The topological polar surface area (TPSA) is 100 Å². The van der Waals surface area contributed by atoms with Crippen LogP contribution in [0.15, 0.2) is 41.4 Å². The van der Waals surface area contributed by atoms with E-state index in [-0.39, 0.29) is 16.5 Å². The van der Waals surface area contributed by atoms with Crippen molar-refractivity contribution in [2.75, 3.05) is 4.72 Å². The van der Waals surface area contributed by atoms with E-state index in [1.165, 1.54) is 30.5 Å². The first-order valence-electron chi connectivity index (χ1n) is 5.29. The zero-order valence-electron chi connectivity index (χ0n) is 9.98. The number of hydrogen-bond donors (Lipinski definition) is 1. The Hall–Kier alpha value is -2.53. The molecule has 0 bridgehead atoms. The van der Waals surface area contributed by atoms with E-state index in [1.54, 1.807) is 13.0 Å². The van der Waals surface area contributed by atoms with Crippen molar-refractivity contribution in [1.82, 2.24) is 9.97 Å². The van der Waals surface area contributed by atoms with Crippen molar-refractivity contribution in [2.24, 2.45) is 0 Å². The quantitative estimate of drug-likeness (QED) is 0.865. The summed E-state index contributed by atoms with van der Waals surface area (Å²) < 4.78 is 26.3. The van der Waals surface area contributed by atoms with E-state index in [9.17, 15) is 8.42 Å². The Morgan fingerprint density at radius 1 is 1.21 bits per heavy atom. The number of rotatable bonds is 3. The average Bonchev–Trinajstić information content (AvgIpc) is 2.38. The van der Waals surface area contributed by atoms with Gasteiger partial charge in [-0.25, -0.2) is 23.1 Å². The fourth-order valence-corrected chi connectivity index (χ4v) is 2.32. The molecule has 8 heteroatoms. The van der Waals surface area contributed by atoms with Gasteiger partial charge in [-0.3, -0.25) is 0 Å². The second-order valence-electron chi connectivity index (χ2n) is 3.72. The lowest BCUT2D eigenvalue weighted by Crippen LogP contribution is -2.15. The van der Waals surface area contributed by atoms with E-state index >= 15 is 0 Å². The molecule has 1 aromatic heterocycles. The van der Waals surface area contributed by atoms with Crippen molar-refractivity contribution in [3.05, 3.63) is 47.2 Å². The van der Waals surface area contributed by atoms with Crippen molar-refractivity contribution in [1.29, 1.82) is 5.39 Å². The Kier molecular flexibility index (Phi) is 3.39. The summed E-state index contributed by atoms with van der Waals surface area (Å²) in [5.41, 5.74) is 0.924. The number of nitrogens with zero attached hydrogens (tertiary/aromatic N) is 4. The lowest BCUT2D eigenvalue weighted by Gasteiger charge is -2.05. The minimum Gasteiger partial charge on any atom is -0.247 e.